The molecule has 0 spiro atoms. The summed E-state index contributed by atoms with van der Waals surface area (Å²) in [5.41, 5.74) is 1.55. The summed E-state index contributed by atoms with van der Waals surface area (Å²) in [4.78, 5) is 11.6. The number of carboxylic acid groups (broad SMARTS) is 1. The van der Waals surface area contributed by atoms with Crippen LogP contribution in [-0.2, 0) is 6.42 Å². The lowest BCUT2D eigenvalue weighted by Crippen LogP contribution is -2.14. The van der Waals surface area contributed by atoms with Crippen molar-refractivity contribution in [2.75, 3.05) is 0 Å². The molecule has 0 bridgehead atoms. The predicted molar refractivity (Wildman–Crippen MR) is 81.2 cm³/mol. The van der Waals surface area contributed by atoms with Gasteiger partial charge < -0.3 is 15.3 Å². The van der Waals surface area contributed by atoms with Crippen molar-refractivity contribution >= 4 is 5.97 Å². The Bertz CT molecular complexity index is 516. The number of carboxylic acids is 1. The number of carbonyl (C=O) groups is 1. The summed E-state index contributed by atoms with van der Waals surface area (Å²) >= 11 is 0. The molecule has 0 aromatic heterocycles. The van der Waals surface area contributed by atoms with Crippen molar-refractivity contribution < 1.29 is 20.1 Å². The monoisotopic (exact) mass is 292 g/mol. The smallest absolute Gasteiger partial charge is 0.339 e. The first-order chi connectivity index (χ1) is 10.1. The highest BCUT2D eigenvalue weighted by molar-refractivity contribution is 5.94. The van der Waals surface area contributed by atoms with Gasteiger partial charge >= 0.3 is 5.97 Å². The third-order valence-electron chi connectivity index (χ3n) is 4.43. The highest BCUT2D eigenvalue weighted by Gasteiger charge is 2.28. The summed E-state index contributed by atoms with van der Waals surface area (Å²) < 4.78 is 0. The largest absolute Gasteiger partial charge is 0.504 e. The molecule has 4 heteroatoms. The van der Waals surface area contributed by atoms with Crippen molar-refractivity contribution in [3.63, 3.8) is 0 Å². The van der Waals surface area contributed by atoms with Crippen LogP contribution in [0, 0.1) is 0 Å². The van der Waals surface area contributed by atoms with Crippen LogP contribution in [0.4, 0.5) is 0 Å². The number of hydrogen-bond donors (Lipinski definition) is 3. The van der Waals surface area contributed by atoms with E-state index in [1.54, 1.807) is 6.07 Å². The zero-order valence-electron chi connectivity index (χ0n) is 12.6. The zero-order valence-corrected chi connectivity index (χ0v) is 12.6. The van der Waals surface area contributed by atoms with Crippen LogP contribution in [-0.4, -0.2) is 21.3 Å². The number of phenols is 2. The highest BCUT2D eigenvalue weighted by atomic mass is 16.4. The van der Waals surface area contributed by atoms with Crippen LogP contribution in [0.3, 0.4) is 0 Å². The molecule has 4 nitrogen and oxygen atoms in total. The minimum absolute atomic E-state index is 0.0898. The Labute approximate surface area is 125 Å². The first-order valence-electron chi connectivity index (χ1n) is 7.87. The number of benzene rings is 1. The first-order valence-corrected chi connectivity index (χ1v) is 7.87. The fraction of sp³-hybridized carbons (Fsp3) is 0.588. The van der Waals surface area contributed by atoms with Gasteiger partial charge in [-0.15, -0.1) is 0 Å². The van der Waals surface area contributed by atoms with Crippen molar-refractivity contribution in [3.8, 4) is 11.5 Å². The average Bonchev–Trinajstić information content (AvgIpc) is 2.48. The molecular formula is C17H24O4. The molecule has 1 fully saturated rings. The van der Waals surface area contributed by atoms with Gasteiger partial charge in [0, 0.05) is 0 Å². The molecule has 2 rings (SSSR count). The molecule has 0 unspecified atom stereocenters. The third-order valence-corrected chi connectivity index (χ3v) is 4.43. The van der Waals surface area contributed by atoms with Crippen LogP contribution in [0.25, 0.3) is 0 Å². The van der Waals surface area contributed by atoms with E-state index in [-0.39, 0.29) is 17.2 Å². The summed E-state index contributed by atoms with van der Waals surface area (Å²) in [6.07, 6.45) is 8.01. The van der Waals surface area contributed by atoms with Gasteiger partial charge in [0.25, 0.3) is 0 Å². The molecule has 0 radical (unpaired) electrons. The summed E-state index contributed by atoms with van der Waals surface area (Å²) in [5, 5.41) is 29.3. The molecule has 21 heavy (non-hydrogen) atoms. The van der Waals surface area contributed by atoms with Crippen molar-refractivity contribution in [3.05, 3.63) is 22.8 Å². The molecule has 0 saturated heterocycles. The van der Waals surface area contributed by atoms with Crippen molar-refractivity contribution in [2.45, 2.75) is 64.2 Å². The normalized spacial score (nSPS) is 16.0. The van der Waals surface area contributed by atoms with E-state index in [0.717, 1.165) is 56.1 Å². The Balaban J connectivity index is 2.54. The molecule has 1 aliphatic rings. The first kappa shape index (κ1) is 15.7. The van der Waals surface area contributed by atoms with Crippen LogP contribution in [0.15, 0.2) is 6.07 Å². The number of aryl methyl sites for hydroxylation is 1. The van der Waals surface area contributed by atoms with Gasteiger partial charge in [-0.2, -0.15) is 0 Å². The second-order valence-corrected chi connectivity index (χ2v) is 5.94. The SMILES string of the molecule is CCCCc1cc(O)c(O)c(C(=O)O)c1C1CCCCC1. The lowest BCUT2D eigenvalue weighted by Gasteiger charge is -2.26. The maximum atomic E-state index is 11.6. The molecule has 116 valence electrons. The molecule has 0 amide bonds. The van der Waals surface area contributed by atoms with Gasteiger partial charge in [0.2, 0.25) is 0 Å². The Morgan fingerprint density at radius 2 is 1.90 bits per heavy atom. The molecule has 0 atom stereocenters. The molecule has 0 heterocycles. The Kier molecular flexibility index (Phi) is 5.10. The Morgan fingerprint density at radius 3 is 2.48 bits per heavy atom. The van der Waals surface area contributed by atoms with E-state index < -0.39 is 11.7 Å². The minimum atomic E-state index is -1.15. The van der Waals surface area contributed by atoms with E-state index in [1.807, 2.05) is 0 Å². The maximum Gasteiger partial charge on any atom is 0.339 e. The predicted octanol–water partition coefficient (Wildman–Crippen LogP) is 4.19. The lowest BCUT2D eigenvalue weighted by molar-refractivity contribution is 0.0690. The average molecular weight is 292 g/mol. The maximum absolute atomic E-state index is 11.6. The van der Waals surface area contributed by atoms with E-state index in [2.05, 4.69) is 6.92 Å². The molecule has 0 aliphatic heterocycles. The molecular weight excluding hydrogens is 268 g/mol. The quantitative estimate of drug-likeness (QED) is 0.711. The van der Waals surface area contributed by atoms with Crippen LogP contribution in [0.1, 0.15) is 79.3 Å². The number of phenolic OH excluding ortho intramolecular Hbond substituents is 1. The van der Waals surface area contributed by atoms with Gasteiger partial charge in [0.15, 0.2) is 11.5 Å². The molecule has 1 aromatic carbocycles. The highest BCUT2D eigenvalue weighted by Crippen LogP contribution is 2.43. The van der Waals surface area contributed by atoms with Gasteiger partial charge in [-0.3, -0.25) is 0 Å². The van der Waals surface area contributed by atoms with E-state index in [0.29, 0.717) is 0 Å². The van der Waals surface area contributed by atoms with E-state index >= 15 is 0 Å². The number of hydrogen-bond acceptors (Lipinski definition) is 3. The Morgan fingerprint density at radius 1 is 1.24 bits per heavy atom. The Hall–Kier alpha value is -1.71. The molecule has 3 N–H and O–H groups in total. The van der Waals surface area contributed by atoms with E-state index in [9.17, 15) is 20.1 Å². The van der Waals surface area contributed by atoms with Crippen molar-refractivity contribution in [1.29, 1.82) is 0 Å². The summed E-state index contributed by atoms with van der Waals surface area (Å²) in [7, 11) is 0. The third kappa shape index (κ3) is 3.31. The minimum Gasteiger partial charge on any atom is -0.504 e. The number of rotatable bonds is 5. The van der Waals surface area contributed by atoms with E-state index in [4.69, 9.17) is 0 Å². The fourth-order valence-corrected chi connectivity index (χ4v) is 3.38. The van der Waals surface area contributed by atoms with E-state index in [1.165, 1.54) is 6.42 Å². The second-order valence-electron chi connectivity index (χ2n) is 5.94. The standard InChI is InChI=1S/C17H24O4/c1-2-3-7-12-10-13(18)16(19)15(17(20)21)14(12)11-8-5-4-6-9-11/h10-11,18-19H,2-9H2,1H3,(H,20,21). The van der Waals surface area contributed by atoms with Gasteiger partial charge in [0.1, 0.15) is 5.56 Å². The molecule has 1 saturated carbocycles. The second kappa shape index (κ2) is 6.83. The topological polar surface area (TPSA) is 77.8 Å². The fourth-order valence-electron chi connectivity index (χ4n) is 3.38. The van der Waals surface area contributed by atoms with Gasteiger partial charge in [0.05, 0.1) is 0 Å². The van der Waals surface area contributed by atoms with Crippen LogP contribution >= 0.6 is 0 Å². The van der Waals surface area contributed by atoms with Gasteiger partial charge in [-0.1, -0.05) is 32.6 Å². The van der Waals surface area contributed by atoms with Crippen LogP contribution < -0.4 is 0 Å². The van der Waals surface area contributed by atoms with Gasteiger partial charge in [-0.05, 0) is 48.8 Å². The molecule has 1 aliphatic carbocycles. The summed E-state index contributed by atoms with van der Waals surface area (Å²) in [6, 6.07) is 1.56. The van der Waals surface area contributed by atoms with Gasteiger partial charge in [-0.25, -0.2) is 4.79 Å². The number of unbranched alkanes of at least 4 members (excludes halogenated alkanes) is 1. The summed E-state index contributed by atoms with van der Waals surface area (Å²) in [5.74, 6) is -1.77. The van der Waals surface area contributed by atoms with Crippen molar-refractivity contribution in [1.82, 2.24) is 0 Å². The zero-order chi connectivity index (χ0) is 15.4. The number of aromatic hydroxyl groups is 2. The summed E-state index contributed by atoms with van der Waals surface area (Å²) in [6.45, 7) is 2.08. The molecule has 1 aromatic rings. The van der Waals surface area contributed by atoms with Crippen molar-refractivity contribution in [2.24, 2.45) is 0 Å². The lowest BCUT2D eigenvalue weighted by atomic mass is 9.78. The van der Waals surface area contributed by atoms with Crippen LogP contribution in [0.2, 0.25) is 0 Å². The number of aromatic carboxylic acids is 1. The van der Waals surface area contributed by atoms with Crippen LogP contribution in [0.5, 0.6) is 11.5 Å².